The Morgan fingerprint density at radius 3 is 2.69 bits per heavy atom. The second-order valence-electron chi connectivity index (χ2n) is 7.70. The van der Waals surface area contributed by atoms with Crippen LogP contribution in [-0.4, -0.2) is 41.7 Å². The van der Waals surface area contributed by atoms with Crippen LogP contribution in [0, 0.1) is 0 Å². The second-order valence-corrected chi connectivity index (χ2v) is 9.47. The number of rotatable bonds is 10. The fraction of sp³-hybridized carbons (Fsp3) is 0.360. The molecule has 1 aromatic heterocycles. The third-order valence-corrected chi connectivity index (χ3v) is 6.20. The largest absolute Gasteiger partial charge is 0.493 e. The lowest BCUT2D eigenvalue weighted by Gasteiger charge is -2.17. The van der Waals surface area contributed by atoms with Crippen molar-refractivity contribution < 1.29 is 19.0 Å². The van der Waals surface area contributed by atoms with E-state index in [1.165, 1.54) is 11.8 Å². The molecule has 10 heteroatoms. The summed E-state index contributed by atoms with van der Waals surface area (Å²) in [6.45, 7) is 5.69. The van der Waals surface area contributed by atoms with Crippen LogP contribution in [0.25, 0.3) is 10.9 Å². The molecule has 3 aromatic rings. The number of methoxy groups -OCH3 is 1. The summed E-state index contributed by atoms with van der Waals surface area (Å²) in [7, 11) is 1.50. The molecule has 0 amide bonds. The molecule has 3 rings (SSSR count). The molecule has 2 aromatic carbocycles. The number of aromatic nitrogens is 2. The zero-order chi connectivity index (χ0) is 25.5. The smallest absolute Gasteiger partial charge is 0.347 e. The standard InChI is InChI=1S/C25H27Br2N3O5/c1-5-7-8-22-29-20-10-9-17(26)13-18(20)24(31)30(22)28-14-16-11-19(27)23(21(12-16)33-4)35-15(3)25(32)34-6-2/h9-15H,5-8H2,1-4H3/t15-/m1/s1. The van der Waals surface area contributed by atoms with E-state index in [9.17, 15) is 9.59 Å². The summed E-state index contributed by atoms with van der Waals surface area (Å²) in [5, 5.41) is 4.96. The van der Waals surface area contributed by atoms with E-state index in [1.54, 1.807) is 38.3 Å². The molecule has 0 saturated carbocycles. The second kappa shape index (κ2) is 12.3. The zero-order valence-corrected chi connectivity index (χ0v) is 23.2. The van der Waals surface area contributed by atoms with Crippen LogP contribution in [0.3, 0.4) is 0 Å². The predicted octanol–water partition coefficient (Wildman–Crippen LogP) is 5.49. The van der Waals surface area contributed by atoms with E-state index in [1.807, 2.05) is 12.1 Å². The van der Waals surface area contributed by atoms with Crippen molar-refractivity contribution in [2.45, 2.75) is 46.1 Å². The van der Waals surface area contributed by atoms with Crippen molar-refractivity contribution in [3.05, 3.63) is 61.0 Å². The molecule has 0 aliphatic rings. The summed E-state index contributed by atoms with van der Waals surface area (Å²) in [6, 6.07) is 8.91. The van der Waals surface area contributed by atoms with Crippen molar-refractivity contribution in [2.75, 3.05) is 13.7 Å². The summed E-state index contributed by atoms with van der Waals surface area (Å²) in [5.41, 5.74) is 1.05. The van der Waals surface area contributed by atoms with Crippen LogP contribution in [0.4, 0.5) is 0 Å². The van der Waals surface area contributed by atoms with Crippen molar-refractivity contribution in [1.82, 2.24) is 9.66 Å². The molecule has 0 bridgehead atoms. The van der Waals surface area contributed by atoms with Crippen LogP contribution in [-0.2, 0) is 16.0 Å². The average Bonchev–Trinajstić information content (AvgIpc) is 2.84. The van der Waals surface area contributed by atoms with Gasteiger partial charge in [0.15, 0.2) is 17.6 Å². The molecule has 0 radical (unpaired) electrons. The first-order chi connectivity index (χ1) is 16.8. The Morgan fingerprint density at radius 2 is 2.00 bits per heavy atom. The average molecular weight is 609 g/mol. The number of fused-ring (bicyclic) bond motifs is 1. The van der Waals surface area contributed by atoms with Crippen LogP contribution >= 0.6 is 31.9 Å². The first kappa shape index (κ1) is 26.9. The molecular formula is C25H27Br2N3O5. The van der Waals surface area contributed by atoms with E-state index in [2.05, 4.69) is 48.9 Å². The number of ether oxygens (including phenoxy) is 3. The van der Waals surface area contributed by atoms with Crippen molar-refractivity contribution in [3.63, 3.8) is 0 Å². The van der Waals surface area contributed by atoms with Crippen LogP contribution < -0.4 is 15.0 Å². The Morgan fingerprint density at radius 1 is 1.23 bits per heavy atom. The molecule has 1 atom stereocenters. The molecule has 186 valence electrons. The van der Waals surface area contributed by atoms with Crippen LogP contribution in [0.5, 0.6) is 11.5 Å². The van der Waals surface area contributed by atoms with Gasteiger partial charge in [-0.15, -0.1) is 0 Å². The van der Waals surface area contributed by atoms with Crippen molar-refractivity contribution in [1.29, 1.82) is 0 Å². The molecule has 8 nitrogen and oxygen atoms in total. The molecule has 0 unspecified atom stereocenters. The van der Waals surface area contributed by atoms with Gasteiger partial charge in [-0.25, -0.2) is 9.78 Å². The van der Waals surface area contributed by atoms with Gasteiger partial charge >= 0.3 is 5.97 Å². The zero-order valence-electron chi connectivity index (χ0n) is 20.0. The Bertz CT molecular complexity index is 1310. The number of benzene rings is 2. The fourth-order valence-corrected chi connectivity index (χ4v) is 4.26. The van der Waals surface area contributed by atoms with Gasteiger partial charge in [0.05, 0.1) is 35.3 Å². The van der Waals surface area contributed by atoms with Gasteiger partial charge in [0.1, 0.15) is 5.82 Å². The predicted molar refractivity (Wildman–Crippen MR) is 143 cm³/mol. The quantitative estimate of drug-likeness (QED) is 0.223. The van der Waals surface area contributed by atoms with E-state index in [-0.39, 0.29) is 12.2 Å². The number of carbonyl (C=O) groups excluding carboxylic acids is 1. The monoisotopic (exact) mass is 607 g/mol. The van der Waals surface area contributed by atoms with Gasteiger partial charge < -0.3 is 14.2 Å². The Balaban J connectivity index is 2.00. The number of aryl methyl sites for hydroxylation is 1. The van der Waals surface area contributed by atoms with Gasteiger partial charge in [-0.05, 0) is 72.1 Å². The summed E-state index contributed by atoms with van der Waals surface area (Å²) >= 11 is 6.90. The summed E-state index contributed by atoms with van der Waals surface area (Å²) in [6.07, 6.45) is 3.22. The lowest BCUT2D eigenvalue weighted by atomic mass is 10.2. The van der Waals surface area contributed by atoms with Gasteiger partial charge in [0, 0.05) is 10.9 Å². The Hall–Kier alpha value is -2.72. The molecule has 0 saturated heterocycles. The number of esters is 1. The summed E-state index contributed by atoms with van der Waals surface area (Å²) in [4.78, 5) is 29.9. The first-order valence-electron chi connectivity index (χ1n) is 11.2. The summed E-state index contributed by atoms with van der Waals surface area (Å²) in [5.74, 6) is 0.887. The lowest BCUT2D eigenvalue weighted by Crippen LogP contribution is -2.26. The fourth-order valence-electron chi connectivity index (χ4n) is 3.35. The van der Waals surface area contributed by atoms with Gasteiger partial charge in [-0.3, -0.25) is 4.79 Å². The van der Waals surface area contributed by atoms with Gasteiger partial charge in [-0.1, -0.05) is 29.3 Å². The van der Waals surface area contributed by atoms with E-state index in [0.717, 1.165) is 17.3 Å². The molecule has 0 aliphatic heterocycles. The van der Waals surface area contributed by atoms with Gasteiger partial charge in [-0.2, -0.15) is 9.78 Å². The molecule has 0 aliphatic carbocycles. The normalized spacial score (nSPS) is 12.2. The van der Waals surface area contributed by atoms with Gasteiger partial charge in [0.25, 0.3) is 5.56 Å². The SMILES string of the molecule is CCCCc1nc2ccc(Br)cc2c(=O)n1N=Cc1cc(Br)c(O[C@H](C)C(=O)OCC)c(OC)c1. The molecular weight excluding hydrogens is 582 g/mol. The minimum Gasteiger partial charge on any atom is -0.493 e. The van der Waals surface area contributed by atoms with Crippen molar-refractivity contribution in [2.24, 2.45) is 5.10 Å². The highest BCUT2D eigenvalue weighted by molar-refractivity contribution is 9.10. The third kappa shape index (κ3) is 6.49. The van der Waals surface area contributed by atoms with E-state index in [0.29, 0.717) is 44.7 Å². The van der Waals surface area contributed by atoms with Crippen LogP contribution in [0.15, 0.2) is 49.2 Å². The maximum atomic E-state index is 13.3. The minimum absolute atomic E-state index is 0.243. The van der Waals surface area contributed by atoms with Crippen LogP contribution in [0.1, 0.15) is 45.0 Å². The maximum Gasteiger partial charge on any atom is 0.347 e. The number of unbranched alkanes of at least 4 members (excludes halogenated alkanes) is 1. The first-order valence-corrected chi connectivity index (χ1v) is 12.8. The van der Waals surface area contributed by atoms with E-state index < -0.39 is 12.1 Å². The van der Waals surface area contributed by atoms with Crippen molar-refractivity contribution >= 4 is 54.9 Å². The summed E-state index contributed by atoms with van der Waals surface area (Å²) < 4.78 is 19.0. The van der Waals surface area contributed by atoms with E-state index in [4.69, 9.17) is 14.2 Å². The number of halogens is 2. The van der Waals surface area contributed by atoms with E-state index >= 15 is 0 Å². The van der Waals surface area contributed by atoms with Crippen LogP contribution in [0.2, 0.25) is 0 Å². The maximum absolute atomic E-state index is 13.3. The van der Waals surface area contributed by atoms with Crippen molar-refractivity contribution in [3.8, 4) is 11.5 Å². The molecule has 1 heterocycles. The lowest BCUT2D eigenvalue weighted by molar-refractivity contribution is -0.150. The van der Waals surface area contributed by atoms with Gasteiger partial charge in [0.2, 0.25) is 0 Å². The molecule has 0 N–H and O–H groups in total. The highest BCUT2D eigenvalue weighted by atomic mass is 79.9. The number of nitrogens with zero attached hydrogens (tertiary/aromatic N) is 3. The molecule has 0 fully saturated rings. The highest BCUT2D eigenvalue weighted by Gasteiger charge is 2.20. The molecule has 0 spiro atoms. The minimum atomic E-state index is -0.817. The molecule has 35 heavy (non-hydrogen) atoms. The topological polar surface area (TPSA) is 92.0 Å². The highest BCUT2D eigenvalue weighted by Crippen LogP contribution is 2.37. The Labute approximate surface area is 220 Å². The third-order valence-electron chi connectivity index (χ3n) is 5.12. The number of hydrogen-bond donors (Lipinski definition) is 0. The number of carbonyl (C=O) groups is 1. The Kier molecular flexibility index (Phi) is 9.45. The number of hydrogen-bond acceptors (Lipinski definition) is 7.